The molecule has 0 saturated heterocycles. The van der Waals surface area contributed by atoms with E-state index in [-0.39, 0.29) is 12.5 Å². The number of carboxylic acid groups (broad SMARTS) is 1. The summed E-state index contributed by atoms with van der Waals surface area (Å²) in [5.41, 5.74) is 1.97. The molecular weight excluding hydrogens is 488 g/mol. The number of esters is 1. The number of aliphatic carboxylic acids is 1. The van der Waals surface area contributed by atoms with E-state index in [1.807, 2.05) is 68.4 Å². The molecule has 0 aliphatic rings. The molecule has 3 rings (SSSR count). The smallest absolute Gasteiger partial charge is 0.338 e. The first-order chi connectivity index (χ1) is 17.8. The standard InChI is InChI=1S/C29H32N2O5S/c1-4-35-28(34)22-12-10-21(11-13-22)19-31(26(27(32)33)18-20(2)3)29(37)30-23-14-16-25(17-15-23)36-24-8-6-5-7-9-24/h5-17,20,26H,4,18-19H2,1-3H3,(H,30,37)(H,32,33)/t26-/m1/s1. The lowest BCUT2D eigenvalue weighted by atomic mass is 10.0. The van der Waals surface area contributed by atoms with Crippen LogP contribution >= 0.6 is 12.2 Å². The highest BCUT2D eigenvalue weighted by Crippen LogP contribution is 2.24. The highest BCUT2D eigenvalue weighted by atomic mass is 32.1. The molecule has 3 aromatic rings. The Bertz CT molecular complexity index is 1180. The summed E-state index contributed by atoms with van der Waals surface area (Å²) >= 11 is 5.69. The van der Waals surface area contributed by atoms with Crippen LogP contribution in [0.25, 0.3) is 0 Å². The van der Waals surface area contributed by atoms with Crippen LogP contribution in [0.5, 0.6) is 11.5 Å². The van der Waals surface area contributed by atoms with Gasteiger partial charge in [0.25, 0.3) is 0 Å². The molecule has 0 unspecified atom stereocenters. The van der Waals surface area contributed by atoms with Crippen LogP contribution in [-0.2, 0) is 16.1 Å². The number of anilines is 1. The molecule has 0 aromatic heterocycles. The van der Waals surface area contributed by atoms with Crippen LogP contribution in [0.3, 0.4) is 0 Å². The Morgan fingerprint density at radius 2 is 1.57 bits per heavy atom. The van der Waals surface area contributed by atoms with Crippen LogP contribution in [0.2, 0.25) is 0 Å². The zero-order valence-electron chi connectivity index (χ0n) is 21.2. The number of carboxylic acids is 1. The van der Waals surface area contributed by atoms with Crippen molar-refractivity contribution in [1.29, 1.82) is 0 Å². The van der Waals surface area contributed by atoms with E-state index in [0.29, 0.717) is 35.1 Å². The Hall–Kier alpha value is -3.91. The summed E-state index contributed by atoms with van der Waals surface area (Å²) in [6.45, 7) is 6.26. The lowest BCUT2D eigenvalue weighted by Crippen LogP contribution is -2.47. The quantitative estimate of drug-likeness (QED) is 0.223. The summed E-state index contributed by atoms with van der Waals surface area (Å²) in [6, 6.07) is 22.9. The molecule has 0 heterocycles. The molecule has 0 spiro atoms. The third-order valence-electron chi connectivity index (χ3n) is 5.52. The van der Waals surface area contributed by atoms with Gasteiger partial charge in [0.15, 0.2) is 5.11 Å². The minimum absolute atomic E-state index is 0.145. The van der Waals surface area contributed by atoms with Gasteiger partial charge in [0.2, 0.25) is 0 Å². The van der Waals surface area contributed by atoms with E-state index in [2.05, 4.69) is 5.32 Å². The van der Waals surface area contributed by atoms with Gasteiger partial charge in [-0.05, 0) is 85.6 Å². The summed E-state index contributed by atoms with van der Waals surface area (Å²) in [5, 5.41) is 13.5. The minimum atomic E-state index is -0.951. The lowest BCUT2D eigenvalue weighted by Gasteiger charge is -2.32. The van der Waals surface area contributed by atoms with Crippen LogP contribution in [0, 0.1) is 5.92 Å². The third-order valence-corrected chi connectivity index (χ3v) is 5.86. The lowest BCUT2D eigenvalue weighted by molar-refractivity contribution is -0.142. The Kier molecular flexibility index (Phi) is 10.0. The maximum Gasteiger partial charge on any atom is 0.338 e. The Balaban J connectivity index is 1.77. The Morgan fingerprint density at radius 3 is 2.14 bits per heavy atom. The number of hydrogen-bond acceptors (Lipinski definition) is 5. The van der Waals surface area contributed by atoms with Crippen LogP contribution < -0.4 is 10.1 Å². The number of para-hydroxylation sites is 1. The number of carbonyl (C=O) groups is 2. The molecule has 194 valence electrons. The number of nitrogens with one attached hydrogen (secondary N) is 1. The number of carbonyl (C=O) groups excluding carboxylic acids is 1. The summed E-state index contributed by atoms with van der Waals surface area (Å²) in [7, 11) is 0. The summed E-state index contributed by atoms with van der Waals surface area (Å²) < 4.78 is 10.9. The summed E-state index contributed by atoms with van der Waals surface area (Å²) in [6.07, 6.45) is 0.419. The van der Waals surface area contributed by atoms with Crippen LogP contribution in [0.4, 0.5) is 5.69 Å². The third kappa shape index (κ3) is 8.32. The molecule has 0 aliphatic carbocycles. The molecule has 0 aliphatic heterocycles. The molecular formula is C29H32N2O5S. The van der Waals surface area contributed by atoms with Crippen molar-refractivity contribution in [3.8, 4) is 11.5 Å². The van der Waals surface area contributed by atoms with Gasteiger partial charge in [0.1, 0.15) is 17.5 Å². The van der Waals surface area contributed by atoms with E-state index >= 15 is 0 Å². The fraction of sp³-hybridized carbons (Fsp3) is 0.276. The number of nitrogens with zero attached hydrogens (tertiary/aromatic N) is 1. The van der Waals surface area contributed by atoms with Gasteiger partial charge in [-0.2, -0.15) is 0 Å². The van der Waals surface area contributed by atoms with Gasteiger partial charge in [0, 0.05) is 12.2 Å². The fourth-order valence-electron chi connectivity index (χ4n) is 3.71. The first-order valence-corrected chi connectivity index (χ1v) is 12.6. The SMILES string of the molecule is CCOC(=O)c1ccc(CN(C(=S)Nc2ccc(Oc3ccccc3)cc2)[C@H](CC(C)C)C(=O)O)cc1. The zero-order chi connectivity index (χ0) is 26.8. The van der Waals surface area contributed by atoms with Crippen molar-refractivity contribution in [3.05, 3.63) is 90.0 Å². The summed E-state index contributed by atoms with van der Waals surface area (Å²) in [5.74, 6) is 0.201. The highest BCUT2D eigenvalue weighted by molar-refractivity contribution is 7.80. The van der Waals surface area contributed by atoms with Gasteiger partial charge in [-0.25, -0.2) is 9.59 Å². The van der Waals surface area contributed by atoms with Crippen molar-refractivity contribution in [2.75, 3.05) is 11.9 Å². The number of benzene rings is 3. The Labute approximate surface area is 223 Å². The van der Waals surface area contributed by atoms with Crippen LogP contribution in [0.15, 0.2) is 78.9 Å². The summed E-state index contributed by atoms with van der Waals surface area (Å²) in [4.78, 5) is 25.9. The van der Waals surface area contributed by atoms with E-state index < -0.39 is 18.0 Å². The van der Waals surface area contributed by atoms with E-state index in [9.17, 15) is 14.7 Å². The normalized spacial score (nSPS) is 11.5. The zero-order valence-corrected chi connectivity index (χ0v) is 22.0. The number of hydrogen-bond donors (Lipinski definition) is 2. The molecule has 8 heteroatoms. The predicted octanol–water partition coefficient (Wildman–Crippen LogP) is 6.35. The molecule has 0 bridgehead atoms. The van der Waals surface area contributed by atoms with Gasteiger partial charge in [-0.3, -0.25) is 0 Å². The number of ether oxygens (including phenoxy) is 2. The van der Waals surface area contributed by atoms with Crippen molar-refractivity contribution in [1.82, 2.24) is 4.90 Å². The maximum atomic E-state index is 12.3. The van der Waals surface area contributed by atoms with Gasteiger partial charge < -0.3 is 24.8 Å². The molecule has 7 nitrogen and oxygen atoms in total. The molecule has 0 radical (unpaired) electrons. The van der Waals surface area contributed by atoms with E-state index in [4.69, 9.17) is 21.7 Å². The van der Waals surface area contributed by atoms with Gasteiger partial charge >= 0.3 is 11.9 Å². The maximum absolute atomic E-state index is 12.3. The van der Waals surface area contributed by atoms with Crippen molar-refractivity contribution in [2.45, 2.75) is 39.8 Å². The molecule has 0 fully saturated rings. The number of thiocarbonyl (C=S) groups is 1. The monoisotopic (exact) mass is 520 g/mol. The average molecular weight is 521 g/mol. The average Bonchev–Trinajstić information content (AvgIpc) is 2.88. The number of rotatable bonds is 11. The minimum Gasteiger partial charge on any atom is -0.480 e. The molecule has 2 N–H and O–H groups in total. The van der Waals surface area contributed by atoms with Crippen molar-refractivity contribution >= 4 is 35.0 Å². The second kappa shape index (κ2) is 13.4. The Morgan fingerprint density at radius 1 is 0.946 bits per heavy atom. The highest BCUT2D eigenvalue weighted by Gasteiger charge is 2.29. The first-order valence-electron chi connectivity index (χ1n) is 12.2. The van der Waals surface area contributed by atoms with Gasteiger partial charge in [-0.1, -0.05) is 44.2 Å². The topological polar surface area (TPSA) is 88.1 Å². The second-order valence-corrected chi connectivity index (χ2v) is 9.29. The van der Waals surface area contributed by atoms with Crippen molar-refractivity contribution < 1.29 is 24.2 Å². The van der Waals surface area contributed by atoms with E-state index in [0.717, 1.165) is 11.3 Å². The van der Waals surface area contributed by atoms with Crippen LogP contribution in [0.1, 0.15) is 43.1 Å². The predicted molar refractivity (Wildman–Crippen MR) is 148 cm³/mol. The molecule has 1 atom stereocenters. The van der Waals surface area contributed by atoms with E-state index in [1.165, 1.54) is 0 Å². The molecule has 0 amide bonds. The fourth-order valence-corrected chi connectivity index (χ4v) is 4.02. The van der Waals surface area contributed by atoms with E-state index in [1.54, 1.807) is 36.1 Å². The van der Waals surface area contributed by atoms with Gasteiger partial charge in [0.05, 0.1) is 12.2 Å². The van der Waals surface area contributed by atoms with Gasteiger partial charge in [-0.15, -0.1) is 0 Å². The molecule has 37 heavy (non-hydrogen) atoms. The van der Waals surface area contributed by atoms with Crippen LogP contribution in [-0.4, -0.2) is 39.7 Å². The van der Waals surface area contributed by atoms with Crippen molar-refractivity contribution in [2.24, 2.45) is 5.92 Å². The molecule has 3 aromatic carbocycles. The largest absolute Gasteiger partial charge is 0.480 e. The molecule has 0 saturated carbocycles. The van der Waals surface area contributed by atoms with Crippen molar-refractivity contribution in [3.63, 3.8) is 0 Å². The first kappa shape index (κ1) is 27.7. The second-order valence-electron chi connectivity index (χ2n) is 8.90.